The molecule has 0 heterocycles. The Morgan fingerprint density at radius 2 is 1.92 bits per heavy atom. The van der Waals surface area contributed by atoms with Gasteiger partial charge in [0, 0.05) is 29.0 Å². The highest BCUT2D eigenvalue weighted by Gasteiger charge is 2.17. The molecule has 0 saturated carbocycles. The number of hydrogen-bond acceptors (Lipinski definition) is 5. The van der Waals surface area contributed by atoms with E-state index in [0.29, 0.717) is 11.3 Å². The van der Waals surface area contributed by atoms with Crippen molar-refractivity contribution < 1.29 is 14.8 Å². The van der Waals surface area contributed by atoms with Crippen LogP contribution in [0, 0.1) is 17.0 Å². The van der Waals surface area contributed by atoms with Crippen LogP contribution in [0.1, 0.15) is 24.1 Å². The standard InChI is InChI=1S/C17H19N3O4/c1-11-15(7-4-8-16(11)20(23)24)12(2)18-13-5-3-6-14(9-13)19-17(22)10-21/h3-9,12,18,21H,10H2,1-2H3,(H,19,22). The van der Waals surface area contributed by atoms with Gasteiger partial charge < -0.3 is 15.7 Å². The van der Waals surface area contributed by atoms with Gasteiger partial charge in [-0.3, -0.25) is 14.9 Å². The minimum atomic E-state index is -0.582. The van der Waals surface area contributed by atoms with E-state index in [2.05, 4.69) is 10.6 Å². The number of nitro groups is 1. The lowest BCUT2D eigenvalue weighted by Crippen LogP contribution is -2.15. The number of nitrogens with zero attached hydrogens (tertiary/aromatic N) is 1. The van der Waals surface area contributed by atoms with Crippen LogP contribution in [0.4, 0.5) is 17.1 Å². The maximum Gasteiger partial charge on any atom is 0.272 e. The average Bonchev–Trinajstić information content (AvgIpc) is 2.54. The smallest absolute Gasteiger partial charge is 0.272 e. The molecule has 0 saturated heterocycles. The molecule has 0 aliphatic heterocycles. The summed E-state index contributed by atoms with van der Waals surface area (Å²) >= 11 is 0. The van der Waals surface area contributed by atoms with Gasteiger partial charge in [0.05, 0.1) is 4.92 Å². The maximum atomic E-state index is 11.2. The van der Waals surface area contributed by atoms with Crippen LogP contribution < -0.4 is 10.6 Å². The molecule has 2 aromatic rings. The molecule has 3 N–H and O–H groups in total. The Balaban J connectivity index is 2.20. The number of nitro benzene ring substituents is 1. The number of aliphatic hydroxyl groups is 1. The van der Waals surface area contributed by atoms with Crippen LogP contribution in [0.3, 0.4) is 0 Å². The summed E-state index contributed by atoms with van der Waals surface area (Å²) in [4.78, 5) is 21.9. The van der Waals surface area contributed by atoms with Crippen LogP contribution in [0.15, 0.2) is 42.5 Å². The first kappa shape index (κ1) is 17.4. The largest absolute Gasteiger partial charge is 0.387 e. The van der Waals surface area contributed by atoms with Gasteiger partial charge in [-0.1, -0.05) is 18.2 Å². The van der Waals surface area contributed by atoms with Crippen LogP contribution in [-0.4, -0.2) is 22.5 Å². The van der Waals surface area contributed by atoms with Crippen molar-refractivity contribution in [2.45, 2.75) is 19.9 Å². The van der Waals surface area contributed by atoms with Crippen molar-refractivity contribution in [3.8, 4) is 0 Å². The van der Waals surface area contributed by atoms with Crippen molar-refractivity contribution in [2.75, 3.05) is 17.2 Å². The summed E-state index contributed by atoms with van der Waals surface area (Å²) in [6.45, 7) is 3.05. The summed E-state index contributed by atoms with van der Waals surface area (Å²) in [5, 5.41) is 25.7. The second-order valence-electron chi connectivity index (χ2n) is 5.40. The Morgan fingerprint density at radius 1 is 1.25 bits per heavy atom. The van der Waals surface area contributed by atoms with Crippen LogP contribution >= 0.6 is 0 Å². The number of nitrogens with one attached hydrogen (secondary N) is 2. The molecule has 24 heavy (non-hydrogen) atoms. The Morgan fingerprint density at radius 3 is 2.58 bits per heavy atom. The summed E-state index contributed by atoms with van der Waals surface area (Å²) in [7, 11) is 0. The fourth-order valence-corrected chi connectivity index (χ4v) is 2.52. The minimum Gasteiger partial charge on any atom is -0.387 e. The first-order valence-electron chi connectivity index (χ1n) is 7.43. The van der Waals surface area contributed by atoms with E-state index in [0.717, 1.165) is 11.3 Å². The number of hydrogen-bond donors (Lipinski definition) is 3. The molecule has 0 aliphatic rings. The SMILES string of the molecule is Cc1c(C(C)Nc2cccc(NC(=O)CO)c2)cccc1[N+](=O)[O-]. The second-order valence-corrected chi connectivity index (χ2v) is 5.40. The second kappa shape index (κ2) is 7.56. The molecule has 1 unspecified atom stereocenters. The average molecular weight is 329 g/mol. The lowest BCUT2D eigenvalue weighted by atomic mass is 10.0. The molecule has 7 nitrogen and oxygen atoms in total. The van der Waals surface area contributed by atoms with E-state index in [9.17, 15) is 14.9 Å². The monoisotopic (exact) mass is 329 g/mol. The fourth-order valence-electron chi connectivity index (χ4n) is 2.52. The van der Waals surface area contributed by atoms with E-state index in [1.807, 2.05) is 19.1 Å². The summed E-state index contributed by atoms with van der Waals surface area (Å²) in [6, 6.07) is 11.9. The van der Waals surface area contributed by atoms with Crippen molar-refractivity contribution in [1.82, 2.24) is 0 Å². The topological polar surface area (TPSA) is 104 Å². The minimum absolute atomic E-state index is 0.0881. The third kappa shape index (κ3) is 4.08. The number of aliphatic hydroxyl groups excluding tert-OH is 1. The Labute approximate surface area is 139 Å². The highest BCUT2D eigenvalue weighted by atomic mass is 16.6. The Hall–Kier alpha value is -2.93. The molecule has 0 aliphatic carbocycles. The molecule has 0 bridgehead atoms. The van der Waals surface area contributed by atoms with Gasteiger partial charge in [0.15, 0.2) is 0 Å². The molecule has 1 amide bonds. The zero-order chi connectivity index (χ0) is 17.7. The van der Waals surface area contributed by atoms with Gasteiger partial charge in [-0.2, -0.15) is 0 Å². The molecule has 0 aromatic heterocycles. The lowest BCUT2D eigenvalue weighted by Gasteiger charge is -2.18. The molecule has 126 valence electrons. The third-order valence-electron chi connectivity index (χ3n) is 3.68. The maximum absolute atomic E-state index is 11.2. The van der Waals surface area contributed by atoms with Gasteiger partial charge in [-0.15, -0.1) is 0 Å². The first-order valence-corrected chi connectivity index (χ1v) is 7.43. The third-order valence-corrected chi connectivity index (χ3v) is 3.68. The zero-order valence-corrected chi connectivity index (χ0v) is 13.4. The molecule has 2 rings (SSSR count). The number of carbonyl (C=O) groups is 1. The number of rotatable bonds is 6. The molecular formula is C17H19N3O4. The summed E-state index contributed by atoms with van der Waals surface area (Å²) in [5.41, 5.74) is 2.84. The van der Waals surface area contributed by atoms with Crippen LogP contribution in [0.25, 0.3) is 0 Å². The molecule has 1 atom stereocenters. The van der Waals surface area contributed by atoms with Crippen molar-refractivity contribution in [3.05, 3.63) is 63.7 Å². The van der Waals surface area contributed by atoms with Gasteiger partial charge in [-0.25, -0.2) is 0 Å². The molecule has 0 radical (unpaired) electrons. The molecule has 0 spiro atoms. The van der Waals surface area contributed by atoms with E-state index in [1.165, 1.54) is 6.07 Å². The van der Waals surface area contributed by atoms with Crippen LogP contribution in [0.2, 0.25) is 0 Å². The van der Waals surface area contributed by atoms with E-state index >= 15 is 0 Å². The number of anilines is 2. The summed E-state index contributed by atoms with van der Waals surface area (Å²) in [5.74, 6) is -0.491. The first-order chi connectivity index (χ1) is 11.4. The Bertz CT molecular complexity index is 761. The van der Waals surface area contributed by atoms with Gasteiger partial charge >= 0.3 is 0 Å². The number of benzene rings is 2. The molecular weight excluding hydrogens is 310 g/mol. The van der Waals surface area contributed by atoms with Crippen LogP contribution in [0.5, 0.6) is 0 Å². The summed E-state index contributed by atoms with van der Waals surface area (Å²) in [6.07, 6.45) is 0. The van der Waals surface area contributed by atoms with Crippen LogP contribution in [-0.2, 0) is 4.79 Å². The zero-order valence-electron chi connectivity index (χ0n) is 13.4. The van der Waals surface area contributed by atoms with E-state index in [1.54, 1.807) is 31.2 Å². The predicted molar refractivity (Wildman–Crippen MR) is 92.0 cm³/mol. The quantitative estimate of drug-likeness (QED) is 0.558. The Kier molecular flexibility index (Phi) is 5.49. The summed E-state index contributed by atoms with van der Waals surface area (Å²) < 4.78 is 0. The number of carbonyl (C=O) groups excluding carboxylic acids is 1. The molecule has 0 fully saturated rings. The van der Waals surface area contributed by atoms with Crippen molar-refractivity contribution in [1.29, 1.82) is 0 Å². The lowest BCUT2D eigenvalue weighted by molar-refractivity contribution is -0.385. The van der Waals surface area contributed by atoms with Gasteiger partial charge in [0.25, 0.3) is 5.69 Å². The highest BCUT2D eigenvalue weighted by Crippen LogP contribution is 2.28. The van der Waals surface area contributed by atoms with E-state index in [-0.39, 0.29) is 11.7 Å². The molecule has 2 aromatic carbocycles. The van der Waals surface area contributed by atoms with E-state index in [4.69, 9.17) is 5.11 Å². The van der Waals surface area contributed by atoms with E-state index < -0.39 is 17.4 Å². The van der Waals surface area contributed by atoms with Gasteiger partial charge in [0.1, 0.15) is 6.61 Å². The molecule has 7 heteroatoms. The highest BCUT2D eigenvalue weighted by molar-refractivity contribution is 5.91. The van der Waals surface area contributed by atoms with Crippen molar-refractivity contribution in [3.63, 3.8) is 0 Å². The van der Waals surface area contributed by atoms with Gasteiger partial charge in [-0.05, 0) is 37.6 Å². The normalized spacial score (nSPS) is 11.6. The van der Waals surface area contributed by atoms with Crippen molar-refractivity contribution in [2.24, 2.45) is 0 Å². The fraction of sp³-hybridized carbons (Fsp3) is 0.235. The number of amides is 1. The predicted octanol–water partition coefficient (Wildman–Crippen LogP) is 3.01. The van der Waals surface area contributed by atoms with Gasteiger partial charge in [0.2, 0.25) is 5.91 Å². The van der Waals surface area contributed by atoms with Crippen molar-refractivity contribution >= 4 is 23.0 Å².